The summed E-state index contributed by atoms with van der Waals surface area (Å²) >= 11 is 0. The van der Waals surface area contributed by atoms with E-state index in [1.54, 1.807) is 21.3 Å². The van der Waals surface area contributed by atoms with E-state index >= 15 is 0 Å². The topological polar surface area (TPSA) is 90.9 Å². The lowest BCUT2D eigenvalue weighted by Crippen LogP contribution is -2.05. The molecule has 0 unspecified atom stereocenters. The number of hydrogen-bond donors (Lipinski definition) is 0. The molecule has 8 heteroatoms. The quantitative estimate of drug-likeness (QED) is 0.443. The number of aryl methyl sites for hydroxylation is 1. The summed E-state index contributed by atoms with van der Waals surface area (Å²) in [6.07, 6.45) is 6.20. The summed E-state index contributed by atoms with van der Waals surface area (Å²) < 4.78 is 3.40. The molecule has 0 bridgehead atoms. The fourth-order valence-corrected chi connectivity index (χ4v) is 3.33. The van der Waals surface area contributed by atoms with Crippen LogP contribution in [0.4, 0.5) is 0 Å². The van der Waals surface area contributed by atoms with Crippen LogP contribution in [0.2, 0.25) is 0 Å². The van der Waals surface area contributed by atoms with E-state index in [-0.39, 0.29) is 5.78 Å². The van der Waals surface area contributed by atoms with Crippen LogP contribution in [-0.4, -0.2) is 40.4 Å². The van der Waals surface area contributed by atoms with Gasteiger partial charge < -0.3 is 0 Å². The van der Waals surface area contributed by atoms with Crippen LogP contribution in [0.25, 0.3) is 27.7 Å². The van der Waals surface area contributed by atoms with Gasteiger partial charge in [0.1, 0.15) is 5.69 Å². The van der Waals surface area contributed by atoms with E-state index in [9.17, 15) is 4.79 Å². The van der Waals surface area contributed by atoms with Gasteiger partial charge in [0.05, 0.1) is 11.7 Å². The van der Waals surface area contributed by atoms with Crippen LogP contribution in [0.3, 0.4) is 0 Å². The van der Waals surface area contributed by atoms with Gasteiger partial charge in [0, 0.05) is 49.3 Å². The largest absolute Gasteiger partial charge is 0.293 e. The Morgan fingerprint density at radius 2 is 1.93 bits per heavy atom. The van der Waals surface area contributed by atoms with Crippen molar-refractivity contribution >= 4 is 22.3 Å². The third-order valence-corrected chi connectivity index (χ3v) is 4.83. The predicted molar refractivity (Wildman–Crippen MR) is 108 cm³/mol. The molecule has 0 saturated heterocycles. The first-order valence-electron chi connectivity index (χ1n) is 9.17. The lowest BCUT2D eigenvalue weighted by molar-refractivity contribution is 0.101. The van der Waals surface area contributed by atoms with Crippen LogP contribution in [-0.2, 0) is 13.5 Å². The van der Waals surface area contributed by atoms with Gasteiger partial charge in [-0.15, -0.1) is 10.2 Å². The minimum absolute atomic E-state index is 0.0914. The van der Waals surface area contributed by atoms with Crippen molar-refractivity contribution in [2.24, 2.45) is 7.05 Å². The average Bonchev–Trinajstić information content (AvgIpc) is 3.33. The third kappa shape index (κ3) is 3.14. The summed E-state index contributed by atoms with van der Waals surface area (Å²) in [5.74, 6) is 0.588. The highest BCUT2D eigenvalue weighted by Gasteiger charge is 2.11. The molecule has 0 saturated carbocycles. The fraction of sp³-hybridized carbons (Fsp3) is 0.143. The molecular weight excluding hydrogens is 366 g/mol. The molecule has 0 fully saturated rings. The Morgan fingerprint density at radius 3 is 2.72 bits per heavy atom. The first-order chi connectivity index (χ1) is 14.1. The molecule has 0 aliphatic carbocycles. The van der Waals surface area contributed by atoms with Gasteiger partial charge in [0.15, 0.2) is 17.3 Å². The normalized spacial score (nSPS) is 11.4. The summed E-state index contributed by atoms with van der Waals surface area (Å²) in [5.41, 5.74) is 5.03. The van der Waals surface area contributed by atoms with Crippen LogP contribution in [0.15, 0.2) is 55.0 Å². The van der Waals surface area contributed by atoms with E-state index in [2.05, 4.69) is 37.5 Å². The number of hydrogen-bond acceptors (Lipinski definition) is 6. The van der Waals surface area contributed by atoms with Crippen LogP contribution >= 0.6 is 0 Å². The van der Waals surface area contributed by atoms with Gasteiger partial charge in [-0.05, 0) is 35.9 Å². The summed E-state index contributed by atoms with van der Waals surface area (Å²) in [6.45, 7) is 1.49. The number of fused-ring (bicyclic) bond motifs is 2. The summed E-state index contributed by atoms with van der Waals surface area (Å²) in [5, 5.41) is 18.0. The van der Waals surface area contributed by atoms with Gasteiger partial charge in [-0.3, -0.25) is 14.5 Å². The Hall–Kier alpha value is -3.94. The number of nitrogens with zero attached hydrogens (tertiary/aromatic N) is 7. The number of pyridine rings is 1. The lowest BCUT2D eigenvalue weighted by atomic mass is 10.0. The Balaban J connectivity index is 1.53. The van der Waals surface area contributed by atoms with Crippen LogP contribution in [0, 0.1) is 0 Å². The van der Waals surface area contributed by atoms with Crippen LogP contribution in [0.5, 0.6) is 0 Å². The maximum Gasteiger partial charge on any atom is 0.179 e. The second-order valence-electron chi connectivity index (χ2n) is 6.99. The van der Waals surface area contributed by atoms with Crippen molar-refractivity contribution < 1.29 is 4.79 Å². The summed E-state index contributed by atoms with van der Waals surface area (Å²) in [4.78, 5) is 16.2. The van der Waals surface area contributed by atoms with Crippen molar-refractivity contribution in [1.82, 2.24) is 34.6 Å². The first kappa shape index (κ1) is 17.2. The highest BCUT2D eigenvalue weighted by Crippen LogP contribution is 2.23. The molecule has 0 atom stereocenters. The standard InChI is InChI=1S/C21H17N7O/c1-13(29)18-5-6-20-24-25-21(28(20)26-18)8-14-3-4-19-15(7-14)9-16(10-22-19)17-11-23-27(2)12-17/h3-7,9-12H,8H2,1-2H3. The minimum atomic E-state index is -0.0914. The van der Waals surface area contributed by atoms with Crippen molar-refractivity contribution in [2.45, 2.75) is 13.3 Å². The van der Waals surface area contributed by atoms with E-state index in [1.807, 2.05) is 37.8 Å². The molecule has 29 heavy (non-hydrogen) atoms. The highest BCUT2D eigenvalue weighted by atomic mass is 16.1. The first-order valence-corrected chi connectivity index (χ1v) is 9.17. The maximum absolute atomic E-state index is 11.6. The van der Waals surface area contributed by atoms with Crippen molar-refractivity contribution in [3.63, 3.8) is 0 Å². The van der Waals surface area contributed by atoms with E-state index in [1.165, 1.54) is 6.92 Å². The number of Topliss-reactive ketones (excluding diaryl/α,β-unsaturated/α-hetero) is 1. The SMILES string of the molecule is CC(=O)c1ccc2nnc(Cc3ccc4ncc(-c5cnn(C)c5)cc4c3)n2n1. The number of carbonyl (C=O) groups excluding carboxylic acids is 1. The molecule has 0 amide bonds. The fourth-order valence-electron chi connectivity index (χ4n) is 3.33. The number of benzene rings is 1. The number of carbonyl (C=O) groups is 1. The molecule has 5 rings (SSSR count). The Labute approximate surface area is 165 Å². The molecule has 8 nitrogen and oxygen atoms in total. The Bertz CT molecular complexity index is 1380. The van der Waals surface area contributed by atoms with E-state index < -0.39 is 0 Å². The van der Waals surface area contributed by atoms with E-state index in [4.69, 9.17) is 0 Å². The van der Waals surface area contributed by atoms with Crippen molar-refractivity contribution in [3.05, 3.63) is 72.1 Å². The van der Waals surface area contributed by atoms with Gasteiger partial charge in [-0.1, -0.05) is 6.07 Å². The molecule has 0 spiro atoms. The number of aromatic nitrogens is 7. The number of rotatable bonds is 4. The molecule has 0 radical (unpaired) electrons. The van der Waals surface area contributed by atoms with E-state index in [0.29, 0.717) is 23.6 Å². The van der Waals surface area contributed by atoms with Gasteiger partial charge >= 0.3 is 0 Å². The van der Waals surface area contributed by atoms with Crippen LogP contribution < -0.4 is 0 Å². The van der Waals surface area contributed by atoms with Crippen molar-refractivity contribution in [1.29, 1.82) is 0 Å². The molecular formula is C21H17N7O. The highest BCUT2D eigenvalue weighted by molar-refractivity contribution is 5.92. The summed E-state index contributed by atoms with van der Waals surface area (Å²) in [7, 11) is 1.89. The predicted octanol–water partition coefficient (Wildman–Crippen LogP) is 2.87. The molecule has 142 valence electrons. The third-order valence-electron chi connectivity index (χ3n) is 4.83. The Kier molecular flexibility index (Phi) is 3.90. The molecule has 5 aromatic rings. The maximum atomic E-state index is 11.6. The molecule has 0 N–H and O–H groups in total. The van der Waals surface area contributed by atoms with Gasteiger partial charge in [0.2, 0.25) is 0 Å². The van der Waals surface area contributed by atoms with Gasteiger partial charge in [-0.2, -0.15) is 14.7 Å². The van der Waals surface area contributed by atoms with Gasteiger partial charge in [-0.25, -0.2) is 0 Å². The molecule has 4 heterocycles. The monoisotopic (exact) mass is 383 g/mol. The van der Waals surface area contributed by atoms with Crippen LogP contribution in [0.1, 0.15) is 28.8 Å². The van der Waals surface area contributed by atoms with Gasteiger partial charge in [0.25, 0.3) is 0 Å². The zero-order valence-corrected chi connectivity index (χ0v) is 15.9. The zero-order chi connectivity index (χ0) is 20.0. The van der Waals surface area contributed by atoms with Crippen molar-refractivity contribution in [2.75, 3.05) is 0 Å². The number of ketones is 1. The zero-order valence-electron chi connectivity index (χ0n) is 15.9. The molecule has 1 aromatic carbocycles. The second-order valence-corrected chi connectivity index (χ2v) is 6.99. The molecule has 0 aliphatic heterocycles. The lowest BCUT2D eigenvalue weighted by Gasteiger charge is -2.05. The summed E-state index contributed by atoms with van der Waals surface area (Å²) in [6, 6.07) is 11.6. The van der Waals surface area contributed by atoms with Crippen molar-refractivity contribution in [3.8, 4) is 11.1 Å². The Morgan fingerprint density at radius 1 is 1.03 bits per heavy atom. The average molecular weight is 383 g/mol. The minimum Gasteiger partial charge on any atom is -0.293 e. The smallest absolute Gasteiger partial charge is 0.179 e. The second kappa shape index (κ2) is 6.59. The molecule has 0 aliphatic rings. The van der Waals surface area contributed by atoms with E-state index in [0.717, 1.165) is 27.6 Å². The molecule has 4 aromatic heterocycles.